The Balaban J connectivity index is 2.36. The molecule has 0 fully saturated rings. The van der Waals surface area contributed by atoms with Gasteiger partial charge in [-0.3, -0.25) is 4.79 Å². The van der Waals surface area contributed by atoms with Crippen molar-refractivity contribution in [2.45, 2.75) is 6.10 Å². The summed E-state index contributed by atoms with van der Waals surface area (Å²) in [4.78, 5) is 12.6. The van der Waals surface area contributed by atoms with E-state index in [0.717, 1.165) is 5.56 Å². The number of rotatable bonds is 5. The molecule has 1 unspecified atom stereocenters. The van der Waals surface area contributed by atoms with Crippen LogP contribution in [0.3, 0.4) is 0 Å². The summed E-state index contributed by atoms with van der Waals surface area (Å²) in [6.07, 6.45) is -0.613. The van der Waals surface area contributed by atoms with E-state index < -0.39 is 6.10 Å². The predicted octanol–water partition coefficient (Wildman–Crippen LogP) is 3.27. The fourth-order valence-corrected chi connectivity index (χ4v) is 2.01. The first-order chi connectivity index (χ1) is 9.27. The van der Waals surface area contributed by atoms with Crippen LogP contribution in [0, 0.1) is 0 Å². The molecule has 0 spiro atoms. The van der Waals surface area contributed by atoms with Crippen molar-refractivity contribution in [3.8, 4) is 5.75 Å². The van der Waals surface area contributed by atoms with Crippen molar-refractivity contribution >= 4 is 5.78 Å². The minimum atomic E-state index is -0.613. The number of carbonyl (C=O) groups is 1. The van der Waals surface area contributed by atoms with Gasteiger partial charge in [0.25, 0.3) is 0 Å². The largest absolute Gasteiger partial charge is 0.496 e. The van der Waals surface area contributed by atoms with E-state index in [1.807, 2.05) is 42.5 Å². The lowest BCUT2D eigenvalue weighted by Crippen LogP contribution is -2.15. The first kappa shape index (κ1) is 13.3. The zero-order chi connectivity index (χ0) is 13.7. The third-order valence-corrected chi connectivity index (χ3v) is 2.95. The third kappa shape index (κ3) is 2.83. The van der Waals surface area contributed by atoms with Crippen LogP contribution in [0.2, 0.25) is 0 Å². The van der Waals surface area contributed by atoms with Gasteiger partial charge in [-0.1, -0.05) is 42.5 Å². The summed E-state index contributed by atoms with van der Waals surface area (Å²) in [6, 6.07) is 16.6. The van der Waals surface area contributed by atoms with Gasteiger partial charge in [0.15, 0.2) is 5.78 Å². The third-order valence-electron chi connectivity index (χ3n) is 2.95. The molecule has 3 nitrogen and oxygen atoms in total. The second kappa shape index (κ2) is 6.16. The number of ether oxygens (including phenoxy) is 2. The van der Waals surface area contributed by atoms with Crippen LogP contribution < -0.4 is 4.74 Å². The van der Waals surface area contributed by atoms with E-state index in [0.29, 0.717) is 11.3 Å². The first-order valence-corrected chi connectivity index (χ1v) is 6.03. The van der Waals surface area contributed by atoms with Gasteiger partial charge in [0.2, 0.25) is 0 Å². The molecule has 0 saturated carbocycles. The highest BCUT2D eigenvalue weighted by molar-refractivity contribution is 6.02. The fourth-order valence-electron chi connectivity index (χ4n) is 2.01. The van der Waals surface area contributed by atoms with Gasteiger partial charge in [-0.05, 0) is 17.7 Å². The van der Waals surface area contributed by atoms with Crippen LogP contribution in [-0.2, 0) is 4.74 Å². The van der Waals surface area contributed by atoms with Crippen molar-refractivity contribution in [3.05, 3.63) is 65.7 Å². The molecule has 0 aliphatic heterocycles. The maximum atomic E-state index is 12.6. The highest BCUT2D eigenvalue weighted by Gasteiger charge is 2.23. The van der Waals surface area contributed by atoms with Crippen molar-refractivity contribution in [2.24, 2.45) is 0 Å². The van der Waals surface area contributed by atoms with Gasteiger partial charge in [-0.25, -0.2) is 0 Å². The zero-order valence-electron chi connectivity index (χ0n) is 11.0. The van der Waals surface area contributed by atoms with Gasteiger partial charge in [0, 0.05) is 7.11 Å². The Bertz CT molecular complexity index is 549. The Morgan fingerprint density at radius 2 is 1.58 bits per heavy atom. The molecule has 98 valence electrons. The van der Waals surface area contributed by atoms with Crippen LogP contribution >= 0.6 is 0 Å². The molecule has 2 rings (SSSR count). The molecule has 0 saturated heterocycles. The van der Waals surface area contributed by atoms with Crippen LogP contribution in [0.5, 0.6) is 5.75 Å². The average Bonchev–Trinajstić information content (AvgIpc) is 2.49. The van der Waals surface area contributed by atoms with Gasteiger partial charge in [0.1, 0.15) is 11.9 Å². The number of carbonyl (C=O) groups excluding carboxylic acids is 1. The number of benzene rings is 2. The number of ketones is 1. The van der Waals surface area contributed by atoms with E-state index >= 15 is 0 Å². The van der Waals surface area contributed by atoms with Crippen molar-refractivity contribution < 1.29 is 14.3 Å². The van der Waals surface area contributed by atoms with Gasteiger partial charge >= 0.3 is 0 Å². The number of hydrogen-bond donors (Lipinski definition) is 0. The maximum Gasteiger partial charge on any atom is 0.199 e. The summed E-state index contributed by atoms with van der Waals surface area (Å²) < 4.78 is 10.6. The summed E-state index contributed by atoms with van der Waals surface area (Å²) in [5.41, 5.74) is 1.36. The summed E-state index contributed by atoms with van der Waals surface area (Å²) in [6.45, 7) is 0. The molecule has 0 heterocycles. The Hall–Kier alpha value is -2.13. The molecule has 0 aliphatic carbocycles. The number of para-hydroxylation sites is 1. The topological polar surface area (TPSA) is 35.5 Å². The molecule has 0 aromatic heterocycles. The molecule has 2 aromatic carbocycles. The molecular weight excluding hydrogens is 240 g/mol. The molecule has 0 N–H and O–H groups in total. The van der Waals surface area contributed by atoms with Crippen LogP contribution in [0.4, 0.5) is 0 Å². The fraction of sp³-hybridized carbons (Fsp3) is 0.188. The molecule has 1 atom stereocenters. The van der Waals surface area contributed by atoms with Crippen LogP contribution in [0.1, 0.15) is 22.0 Å². The molecule has 0 radical (unpaired) electrons. The van der Waals surface area contributed by atoms with Gasteiger partial charge < -0.3 is 9.47 Å². The minimum absolute atomic E-state index is 0.105. The van der Waals surface area contributed by atoms with E-state index in [1.165, 1.54) is 7.11 Å². The molecule has 0 aliphatic rings. The first-order valence-electron chi connectivity index (χ1n) is 6.03. The van der Waals surface area contributed by atoms with Crippen LogP contribution in [0.15, 0.2) is 54.6 Å². The second-order valence-corrected chi connectivity index (χ2v) is 4.09. The average molecular weight is 256 g/mol. The monoisotopic (exact) mass is 256 g/mol. The van der Waals surface area contributed by atoms with Crippen molar-refractivity contribution in [2.75, 3.05) is 14.2 Å². The number of methoxy groups -OCH3 is 2. The van der Waals surface area contributed by atoms with E-state index in [2.05, 4.69) is 0 Å². The second-order valence-electron chi connectivity index (χ2n) is 4.09. The summed E-state index contributed by atoms with van der Waals surface area (Å²) in [5.74, 6) is 0.455. The van der Waals surface area contributed by atoms with E-state index in [4.69, 9.17) is 9.47 Å². The van der Waals surface area contributed by atoms with Gasteiger partial charge in [0.05, 0.1) is 12.7 Å². The van der Waals surface area contributed by atoms with Crippen molar-refractivity contribution in [3.63, 3.8) is 0 Å². The highest BCUT2D eigenvalue weighted by Crippen LogP contribution is 2.26. The molecule has 0 amide bonds. The van der Waals surface area contributed by atoms with Crippen LogP contribution in [0.25, 0.3) is 0 Å². The summed E-state index contributed by atoms with van der Waals surface area (Å²) in [7, 11) is 3.08. The smallest absolute Gasteiger partial charge is 0.199 e. The minimum Gasteiger partial charge on any atom is -0.496 e. The van der Waals surface area contributed by atoms with E-state index in [-0.39, 0.29) is 5.78 Å². The van der Waals surface area contributed by atoms with Gasteiger partial charge in [-0.2, -0.15) is 0 Å². The van der Waals surface area contributed by atoms with E-state index in [1.54, 1.807) is 19.2 Å². The van der Waals surface area contributed by atoms with Gasteiger partial charge in [-0.15, -0.1) is 0 Å². The van der Waals surface area contributed by atoms with Crippen molar-refractivity contribution in [1.29, 1.82) is 0 Å². The Labute approximate surface area is 112 Å². The lowest BCUT2D eigenvalue weighted by atomic mass is 9.99. The maximum absolute atomic E-state index is 12.6. The van der Waals surface area contributed by atoms with Crippen molar-refractivity contribution in [1.82, 2.24) is 0 Å². The normalized spacial score (nSPS) is 11.9. The standard InChI is InChI=1S/C16H16O3/c1-18-14-11-7-6-10-13(14)15(17)16(19-2)12-8-4-3-5-9-12/h3-11,16H,1-2H3. The molecule has 0 bridgehead atoms. The lowest BCUT2D eigenvalue weighted by Gasteiger charge is -2.16. The van der Waals surface area contributed by atoms with E-state index in [9.17, 15) is 4.79 Å². The molecule has 2 aromatic rings. The summed E-state index contributed by atoms with van der Waals surface area (Å²) >= 11 is 0. The lowest BCUT2D eigenvalue weighted by molar-refractivity contribution is 0.0601. The predicted molar refractivity (Wildman–Crippen MR) is 73.5 cm³/mol. The molecule has 19 heavy (non-hydrogen) atoms. The molecular formula is C16H16O3. The SMILES string of the molecule is COc1ccccc1C(=O)C(OC)c1ccccc1. The summed E-state index contributed by atoms with van der Waals surface area (Å²) in [5, 5.41) is 0. The number of hydrogen-bond acceptors (Lipinski definition) is 3. The Morgan fingerprint density at radius 3 is 2.21 bits per heavy atom. The highest BCUT2D eigenvalue weighted by atomic mass is 16.5. The molecule has 3 heteroatoms. The van der Waals surface area contributed by atoms with Crippen LogP contribution in [-0.4, -0.2) is 20.0 Å². The Kier molecular flexibility index (Phi) is 4.31. The number of Topliss-reactive ketones (excluding diaryl/α,β-unsaturated/α-hetero) is 1. The Morgan fingerprint density at radius 1 is 0.947 bits per heavy atom. The zero-order valence-corrected chi connectivity index (χ0v) is 11.0. The quantitative estimate of drug-likeness (QED) is 0.770.